The number of amides is 1. The van der Waals surface area contributed by atoms with Crippen molar-refractivity contribution < 1.29 is 18.7 Å². The minimum atomic E-state index is -0.641. The third-order valence-electron chi connectivity index (χ3n) is 2.56. The zero-order valence-electron chi connectivity index (χ0n) is 11.1. The number of furan rings is 1. The Morgan fingerprint density at radius 3 is 2.48 bits per heavy atom. The van der Waals surface area contributed by atoms with Crippen LogP contribution in [0.2, 0.25) is 0 Å². The van der Waals surface area contributed by atoms with E-state index in [-0.39, 0.29) is 11.5 Å². The number of hydrogen-bond donors (Lipinski definition) is 1. The summed E-state index contributed by atoms with van der Waals surface area (Å²) in [5.74, 6) is -1.09. The molecule has 0 unspecified atom stereocenters. The lowest BCUT2D eigenvalue weighted by molar-refractivity contribution is -0.136. The SMILES string of the molecule is COC(=O)/C(=C/c1ccccc1)NC(=O)c1ccc(Br)o1. The van der Waals surface area contributed by atoms with Gasteiger partial charge in [0.1, 0.15) is 5.70 Å². The number of methoxy groups -OCH3 is 1. The van der Waals surface area contributed by atoms with Crippen LogP contribution in [0.15, 0.2) is 57.2 Å². The van der Waals surface area contributed by atoms with E-state index in [4.69, 9.17) is 4.42 Å². The number of halogens is 1. The van der Waals surface area contributed by atoms with E-state index in [1.54, 1.807) is 18.2 Å². The zero-order valence-corrected chi connectivity index (χ0v) is 12.7. The Labute approximate surface area is 129 Å². The normalized spacial score (nSPS) is 11.0. The fourth-order valence-corrected chi connectivity index (χ4v) is 1.90. The van der Waals surface area contributed by atoms with E-state index in [2.05, 4.69) is 26.0 Å². The van der Waals surface area contributed by atoms with Gasteiger partial charge in [0.05, 0.1) is 7.11 Å². The van der Waals surface area contributed by atoms with Gasteiger partial charge in [-0.25, -0.2) is 4.79 Å². The van der Waals surface area contributed by atoms with Gasteiger partial charge in [-0.1, -0.05) is 30.3 Å². The highest BCUT2D eigenvalue weighted by atomic mass is 79.9. The molecule has 0 fully saturated rings. The van der Waals surface area contributed by atoms with Crippen LogP contribution in [0.5, 0.6) is 0 Å². The Hall–Kier alpha value is -2.34. The standard InChI is InChI=1S/C15H12BrNO4/c1-20-15(19)11(9-10-5-3-2-4-6-10)17-14(18)12-7-8-13(16)21-12/h2-9H,1H3,(H,17,18)/b11-9-. The fourth-order valence-electron chi connectivity index (χ4n) is 1.59. The molecule has 0 aliphatic heterocycles. The lowest BCUT2D eigenvalue weighted by Crippen LogP contribution is -2.27. The number of benzene rings is 1. The Bertz CT molecular complexity index is 676. The minimum Gasteiger partial charge on any atom is -0.464 e. The van der Waals surface area contributed by atoms with Gasteiger partial charge in [0, 0.05) is 0 Å². The predicted octanol–water partition coefficient (Wildman–Crippen LogP) is 2.99. The fraction of sp³-hybridized carbons (Fsp3) is 0.0667. The van der Waals surface area contributed by atoms with Gasteiger partial charge in [-0.2, -0.15) is 0 Å². The number of carbonyl (C=O) groups is 2. The van der Waals surface area contributed by atoms with Crippen LogP contribution in [-0.4, -0.2) is 19.0 Å². The average molecular weight is 350 g/mol. The molecule has 1 heterocycles. The van der Waals surface area contributed by atoms with Gasteiger partial charge in [-0.15, -0.1) is 0 Å². The molecule has 1 aromatic heterocycles. The van der Waals surface area contributed by atoms with Crippen LogP contribution in [0.3, 0.4) is 0 Å². The van der Waals surface area contributed by atoms with E-state index < -0.39 is 11.9 Å². The molecule has 0 spiro atoms. The van der Waals surface area contributed by atoms with Crippen molar-refractivity contribution >= 4 is 33.9 Å². The van der Waals surface area contributed by atoms with E-state index >= 15 is 0 Å². The van der Waals surface area contributed by atoms with E-state index in [1.165, 1.54) is 19.3 Å². The maximum Gasteiger partial charge on any atom is 0.354 e. The highest BCUT2D eigenvalue weighted by molar-refractivity contribution is 9.10. The van der Waals surface area contributed by atoms with E-state index in [1.807, 2.05) is 18.2 Å². The number of ether oxygens (including phenoxy) is 1. The van der Waals surface area contributed by atoms with Gasteiger partial charge >= 0.3 is 5.97 Å². The number of rotatable bonds is 4. The molecule has 0 aliphatic carbocycles. The second kappa shape index (κ2) is 6.90. The Morgan fingerprint density at radius 1 is 1.19 bits per heavy atom. The van der Waals surface area contributed by atoms with Gasteiger partial charge in [-0.05, 0) is 39.7 Å². The van der Waals surface area contributed by atoms with Crippen LogP contribution in [0, 0.1) is 0 Å². The summed E-state index contributed by atoms with van der Waals surface area (Å²) in [5.41, 5.74) is 0.792. The highest BCUT2D eigenvalue weighted by Gasteiger charge is 2.17. The first-order chi connectivity index (χ1) is 10.1. The minimum absolute atomic E-state index is 0.0289. The molecule has 0 bridgehead atoms. The Balaban J connectivity index is 2.23. The topological polar surface area (TPSA) is 68.5 Å². The predicted molar refractivity (Wildman–Crippen MR) is 80.3 cm³/mol. The number of esters is 1. The number of carbonyl (C=O) groups excluding carboxylic acids is 2. The Morgan fingerprint density at radius 2 is 1.90 bits per heavy atom. The molecule has 1 amide bonds. The smallest absolute Gasteiger partial charge is 0.354 e. The molecule has 21 heavy (non-hydrogen) atoms. The van der Waals surface area contributed by atoms with Crippen molar-refractivity contribution in [3.05, 3.63) is 64.2 Å². The van der Waals surface area contributed by atoms with Crippen molar-refractivity contribution in [3.63, 3.8) is 0 Å². The molecule has 0 saturated heterocycles. The molecule has 1 N–H and O–H groups in total. The lowest BCUT2D eigenvalue weighted by Gasteiger charge is -2.07. The monoisotopic (exact) mass is 349 g/mol. The van der Waals surface area contributed by atoms with E-state index in [0.717, 1.165) is 5.56 Å². The highest BCUT2D eigenvalue weighted by Crippen LogP contribution is 2.14. The lowest BCUT2D eigenvalue weighted by atomic mass is 10.2. The van der Waals surface area contributed by atoms with Crippen molar-refractivity contribution in [1.82, 2.24) is 5.32 Å². The summed E-state index contributed by atoms with van der Waals surface area (Å²) in [6.45, 7) is 0. The van der Waals surface area contributed by atoms with Crippen molar-refractivity contribution in [2.24, 2.45) is 0 Å². The van der Waals surface area contributed by atoms with Crippen molar-refractivity contribution in [2.45, 2.75) is 0 Å². The quantitative estimate of drug-likeness (QED) is 0.680. The summed E-state index contributed by atoms with van der Waals surface area (Å²) in [6, 6.07) is 12.2. The molecule has 6 heteroatoms. The van der Waals surface area contributed by atoms with Gasteiger partial charge in [0.2, 0.25) is 0 Å². The summed E-state index contributed by atoms with van der Waals surface area (Å²) in [6.07, 6.45) is 1.53. The molecule has 0 aliphatic rings. The number of hydrogen-bond acceptors (Lipinski definition) is 4. The van der Waals surface area contributed by atoms with Crippen LogP contribution in [-0.2, 0) is 9.53 Å². The van der Waals surface area contributed by atoms with Crippen molar-refractivity contribution in [1.29, 1.82) is 0 Å². The summed E-state index contributed by atoms with van der Waals surface area (Å²) in [7, 11) is 1.25. The maximum atomic E-state index is 12.0. The molecule has 5 nitrogen and oxygen atoms in total. The summed E-state index contributed by atoms with van der Waals surface area (Å²) < 4.78 is 10.2. The third-order valence-corrected chi connectivity index (χ3v) is 2.99. The van der Waals surface area contributed by atoms with Crippen LogP contribution in [0.1, 0.15) is 16.1 Å². The summed E-state index contributed by atoms with van der Waals surface area (Å²) >= 11 is 3.11. The second-order valence-electron chi connectivity index (χ2n) is 4.02. The van der Waals surface area contributed by atoms with E-state index in [0.29, 0.717) is 4.67 Å². The van der Waals surface area contributed by atoms with Gasteiger partial charge in [-0.3, -0.25) is 4.79 Å². The molecule has 2 rings (SSSR count). The number of nitrogens with one attached hydrogen (secondary N) is 1. The van der Waals surface area contributed by atoms with E-state index in [9.17, 15) is 9.59 Å². The van der Waals surface area contributed by atoms with Crippen LogP contribution < -0.4 is 5.32 Å². The summed E-state index contributed by atoms with van der Waals surface area (Å²) in [4.78, 5) is 23.7. The molecule has 0 radical (unpaired) electrons. The molecule has 2 aromatic rings. The first-order valence-corrected chi connectivity index (χ1v) is 6.81. The molecular weight excluding hydrogens is 338 g/mol. The molecular formula is C15H12BrNO4. The molecule has 1 aromatic carbocycles. The first kappa shape index (κ1) is 15.1. The largest absolute Gasteiger partial charge is 0.464 e. The van der Waals surface area contributed by atoms with Gasteiger partial charge in [0.15, 0.2) is 10.4 Å². The van der Waals surface area contributed by atoms with Crippen LogP contribution >= 0.6 is 15.9 Å². The molecule has 0 saturated carbocycles. The zero-order chi connectivity index (χ0) is 15.2. The van der Waals surface area contributed by atoms with Crippen molar-refractivity contribution in [2.75, 3.05) is 7.11 Å². The second-order valence-corrected chi connectivity index (χ2v) is 4.80. The van der Waals surface area contributed by atoms with Gasteiger partial charge < -0.3 is 14.5 Å². The van der Waals surface area contributed by atoms with Crippen molar-refractivity contribution in [3.8, 4) is 0 Å². The third kappa shape index (κ3) is 4.06. The Kier molecular flexibility index (Phi) is 4.94. The maximum absolute atomic E-state index is 12.0. The van der Waals surface area contributed by atoms with Crippen LogP contribution in [0.25, 0.3) is 6.08 Å². The van der Waals surface area contributed by atoms with Gasteiger partial charge in [0.25, 0.3) is 5.91 Å². The molecule has 0 atom stereocenters. The van der Waals surface area contributed by atoms with Crippen LogP contribution in [0.4, 0.5) is 0 Å². The average Bonchev–Trinajstić information content (AvgIpc) is 2.93. The summed E-state index contributed by atoms with van der Waals surface area (Å²) in [5, 5.41) is 2.48. The first-order valence-electron chi connectivity index (χ1n) is 6.02. The molecule has 108 valence electrons.